The van der Waals surface area contributed by atoms with E-state index in [0.717, 1.165) is 68.1 Å². The minimum absolute atomic E-state index is 0.100. The number of alkyl halides is 3. The largest absolute Gasteiger partial charge is 0.416 e. The second-order valence-electron chi connectivity index (χ2n) is 7.78. The van der Waals surface area contributed by atoms with Gasteiger partial charge < -0.3 is 10.6 Å². The number of halogens is 3. The second-order valence-corrected chi connectivity index (χ2v) is 7.78. The van der Waals surface area contributed by atoms with Crippen LogP contribution in [0.1, 0.15) is 42.0 Å². The van der Waals surface area contributed by atoms with E-state index in [9.17, 15) is 13.2 Å². The van der Waals surface area contributed by atoms with Gasteiger partial charge in [-0.1, -0.05) is 18.2 Å². The maximum absolute atomic E-state index is 12.9. The molecule has 2 aromatic rings. The summed E-state index contributed by atoms with van der Waals surface area (Å²) in [4.78, 5) is 13.3. The van der Waals surface area contributed by atoms with Crippen molar-refractivity contribution in [2.24, 2.45) is 5.73 Å². The first kappa shape index (κ1) is 20.8. The van der Waals surface area contributed by atoms with E-state index in [1.54, 1.807) is 18.5 Å². The number of hydrogen-bond donors (Lipinski definition) is 1. The van der Waals surface area contributed by atoms with E-state index in [2.05, 4.69) is 25.8 Å². The van der Waals surface area contributed by atoms with E-state index in [1.807, 2.05) is 6.20 Å². The Balaban J connectivity index is 1.45. The van der Waals surface area contributed by atoms with Gasteiger partial charge in [-0.3, -0.25) is 4.90 Å². The van der Waals surface area contributed by atoms with Gasteiger partial charge in [-0.2, -0.15) is 13.2 Å². The fraction of sp³-hybridized carbons (Fsp3) is 0.455. The number of allylic oxidation sites excluding steroid dienone is 2. The predicted molar refractivity (Wildman–Crippen MR) is 111 cm³/mol. The summed E-state index contributed by atoms with van der Waals surface area (Å²) in [6.07, 6.45) is 4.76. The minimum atomic E-state index is -4.33. The fourth-order valence-corrected chi connectivity index (χ4v) is 4.35. The standard InChI is InChI=1S/C22H26F3N5/c23-22(24,25)18-7-5-17(6-8-18)20(13-26)29-9-11-30(12-10-29)21-19(14-27-15-28-21)16-3-1-2-4-16/h3,5-8,14-15,20H,1-2,4,9-13,26H2. The highest BCUT2D eigenvalue weighted by molar-refractivity contribution is 5.75. The quantitative estimate of drug-likeness (QED) is 0.800. The van der Waals surface area contributed by atoms with Crippen LogP contribution in [0, 0.1) is 0 Å². The predicted octanol–water partition coefficient (Wildman–Crippen LogP) is 3.88. The second kappa shape index (κ2) is 8.73. The maximum atomic E-state index is 12.9. The van der Waals surface area contributed by atoms with Crippen molar-refractivity contribution in [2.75, 3.05) is 37.6 Å². The molecule has 2 N–H and O–H groups in total. The van der Waals surface area contributed by atoms with Crippen LogP contribution in [0.25, 0.3) is 5.57 Å². The lowest BCUT2D eigenvalue weighted by atomic mass is 10.0. The first-order valence-electron chi connectivity index (χ1n) is 10.3. The van der Waals surface area contributed by atoms with Crippen molar-refractivity contribution < 1.29 is 13.2 Å². The van der Waals surface area contributed by atoms with E-state index in [-0.39, 0.29) is 6.04 Å². The molecule has 0 spiro atoms. The van der Waals surface area contributed by atoms with Gasteiger partial charge in [-0.05, 0) is 42.5 Å². The Morgan fingerprint density at radius 3 is 2.40 bits per heavy atom. The van der Waals surface area contributed by atoms with Gasteiger partial charge in [0.1, 0.15) is 12.1 Å². The number of hydrogen-bond acceptors (Lipinski definition) is 5. The van der Waals surface area contributed by atoms with Crippen molar-refractivity contribution in [1.82, 2.24) is 14.9 Å². The molecule has 0 saturated carbocycles. The van der Waals surface area contributed by atoms with Crippen LogP contribution in [-0.2, 0) is 6.18 Å². The zero-order chi connectivity index (χ0) is 21.1. The molecule has 1 aliphatic carbocycles. The number of aromatic nitrogens is 2. The number of piperazine rings is 1. The molecule has 30 heavy (non-hydrogen) atoms. The van der Waals surface area contributed by atoms with Gasteiger partial charge >= 0.3 is 6.18 Å². The molecule has 1 aromatic carbocycles. The summed E-state index contributed by atoms with van der Waals surface area (Å²) in [6.45, 7) is 3.47. The van der Waals surface area contributed by atoms with Gasteiger partial charge in [0, 0.05) is 50.5 Å². The van der Waals surface area contributed by atoms with Gasteiger partial charge in [-0.25, -0.2) is 9.97 Å². The summed E-state index contributed by atoms with van der Waals surface area (Å²) in [5.74, 6) is 0.969. The summed E-state index contributed by atoms with van der Waals surface area (Å²) in [7, 11) is 0. The van der Waals surface area contributed by atoms with Crippen molar-refractivity contribution >= 4 is 11.4 Å². The lowest BCUT2D eigenvalue weighted by Gasteiger charge is -2.40. The normalized spacial score (nSPS) is 19.1. The van der Waals surface area contributed by atoms with Crippen LogP contribution in [0.15, 0.2) is 42.9 Å². The summed E-state index contributed by atoms with van der Waals surface area (Å²) < 4.78 is 38.6. The Morgan fingerprint density at radius 1 is 1.07 bits per heavy atom. The topological polar surface area (TPSA) is 58.3 Å². The highest BCUT2D eigenvalue weighted by Gasteiger charge is 2.31. The van der Waals surface area contributed by atoms with Gasteiger partial charge in [-0.15, -0.1) is 0 Å². The van der Waals surface area contributed by atoms with Crippen LogP contribution in [-0.4, -0.2) is 47.6 Å². The molecule has 2 aliphatic rings. The van der Waals surface area contributed by atoms with Crippen LogP contribution in [0.2, 0.25) is 0 Å². The molecule has 1 fully saturated rings. The summed E-state index contributed by atoms with van der Waals surface area (Å²) >= 11 is 0. The van der Waals surface area contributed by atoms with Crippen LogP contribution in [0.4, 0.5) is 19.0 Å². The monoisotopic (exact) mass is 417 g/mol. The number of rotatable bonds is 5. The number of anilines is 1. The Hall–Kier alpha value is -2.45. The van der Waals surface area contributed by atoms with Crippen molar-refractivity contribution in [3.05, 3.63) is 59.6 Å². The molecular weight excluding hydrogens is 391 g/mol. The van der Waals surface area contributed by atoms with Crippen molar-refractivity contribution in [3.63, 3.8) is 0 Å². The minimum Gasteiger partial charge on any atom is -0.353 e. The van der Waals surface area contributed by atoms with Gasteiger partial charge in [0.05, 0.1) is 5.56 Å². The molecule has 2 heterocycles. The molecule has 0 radical (unpaired) electrons. The molecular formula is C22H26F3N5. The van der Waals surface area contributed by atoms with Gasteiger partial charge in [0.2, 0.25) is 0 Å². The van der Waals surface area contributed by atoms with E-state index < -0.39 is 11.7 Å². The number of nitrogens with zero attached hydrogens (tertiary/aromatic N) is 4. The summed E-state index contributed by atoms with van der Waals surface area (Å²) in [5, 5.41) is 0. The molecule has 1 aliphatic heterocycles. The van der Waals surface area contributed by atoms with E-state index in [4.69, 9.17) is 5.73 Å². The Bertz CT molecular complexity index is 886. The third-order valence-electron chi connectivity index (χ3n) is 5.98. The maximum Gasteiger partial charge on any atom is 0.416 e. The molecule has 1 atom stereocenters. The lowest BCUT2D eigenvalue weighted by molar-refractivity contribution is -0.137. The highest BCUT2D eigenvalue weighted by Crippen LogP contribution is 2.34. The van der Waals surface area contributed by atoms with E-state index >= 15 is 0 Å². The average Bonchev–Trinajstić information content (AvgIpc) is 3.29. The third-order valence-corrected chi connectivity index (χ3v) is 5.98. The van der Waals surface area contributed by atoms with Crippen LogP contribution in [0.5, 0.6) is 0 Å². The smallest absolute Gasteiger partial charge is 0.353 e. The van der Waals surface area contributed by atoms with Crippen LogP contribution >= 0.6 is 0 Å². The molecule has 5 nitrogen and oxygen atoms in total. The molecule has 4 rings (SSSR count). The van der Waals surface area contributed by atoms with Crippen LogP contribution < -0.4 is 10.6 Å². The van der Waals surface area contributed by atoms with E-state index in [0.29, 0.717) is 6.54 Å². The van der Waals surface area contributed by atoms with Crippen molar-refractivity contribution in [3.8, 4) is 0 Å². The first-order valence-corrected chi connectivity index (χ1v) is 10.3. The SMILES string of the molecule is NCC(c1ccc(C(F)(F)F)cc1)N1CCN(c2ncncc2C2=CCCC2)CC1. The molecule has 1 aromatic heterocycles. The molecule has 1 saturated heterocycles. The molecule has 8 heteroatoms. The van der Waals surface area contributed by atoms with Crippen molar-refractivity contribution in [2.45, 2.75) is 31.5 Å². The molecule has 1 unspecified atom stereocenters. The Morgan fingerprint density at radius 2 is 1.80 bits per heavy atom. The van der Waals surface area contributed by atoms with Crippen molar-refractivity contribution in [1.29, 1.82) is 0 Å². The van der Waals surface area contributed by atoms with Gasteiger partial charge in [0.25, 0.3) is 0 Å². The Labute approximate surface area is 174 Å². The molecule has 160 valence electrons. The molecule has 0 bridgehead atoms. The van der Waals surface area contributed by atoms with E-state index in [1.165, 1.54) is 12.0 Å². The average molecular weight is 417 g/mol. The number of nitrogens with two attached hydrogens (primary N) is 1. The zero-order valence-electron chi connectivity index (χ0n) is 16.8. The fourth-order valence-electron chi connectivity index (χ4n) is 4.35. The summed E-state index contributed by atoms with van der Waals surface area (Å²) in [6, 6.07) is 5.26. The first-order chi connectivity index (χ1) is 14.5. The highest BCUT2D eigenvalue weighted by atomic mass is 19.4. The number of benzene rings is 1. The van der Waals surface area contributed by atoms with Gasteiger partial charge in [0.15, 0.2) is 0 Å². The Kier molecular flexibility index (Phi) is 6.06. The lowest BCUT2D eigenvalue weighted by Crippen LogP contribution is -2.49. The summed E-state index contributed by atoms with van der Waals surface area (Å²) in [5.41, 5.74) is 8.62. The van der Waals surface area contributed by atoms with Crippen LogP contribution in [0.3, 0.4) is 0 Å². The third kappa shape index (κ3) is 4.34. The zero-order valence-corrected chi connectivity index (χ0v) is 16.8. The molecule has 0 amide bonds.